The molecule has 0 amide bonds. The quantitative estimate of drug-likeness (QED) is 0.209. The van der Waals surface area contributed by atoms with E-state index in [-0.39, 0.29) is 0 Å². The van der Waals surface area contributed by atoms with Gasteiger partial charge in [0.15, 0.2) is 0 Å². The fraction of sp³-hybridized carbons (Fsp3) is 0. The summed E-state index contributed by atoms with van der Waals surface area (Å²) in [4.78, 5) is 0. The van der Waals surface area contributed by atoms with E-state index < -0.39 is 70.4 Å². The highest BCUT2D eigenvalue weighted by Gasteiger charge is 2.86. The van der Waals surface area contributed by atoms with Gasteiger partial charge >= 0.3 is 70.4 Å². The van der Waals surface area contributed by atoms with Crippen molar-refractivity contribution in [1.29, 1.82) is 0 Å². The molecule has 12 nitrogen and oxygen atoms in total. The Morgan fingerprint density at radius 3 is 0.309 bits per heavy atom. The maximum Gasteiger partial charge on any atom is 0.515 e. The van der Waals surface area contributed by atoms with Gasteiger partial charge in [-0.1, -0.05) is 243 Å². The third-order valence-electron chi connectivity index (χ3n) is 12.2. The second-order valence-corrected chi connectivity index (χ2v) is 39.9. The van der Waals surface area contributed by atoms with Crippen molar-refractivity contribution in [1.82, 2.24) is 0 Å². The number of rotatable bonds is 8. The molecule has 0 atom stereocenters. The van der Waals surface area contributed by atoms with Crippen molar-refractivity contribution >= 4 is 112 Å². The predicted molar refractivity (Wildman–Crippen MR) is 268 cm³/mol. The molecule has 14 rings (SSSR count). The topological polar surface area (TPSA) is 111 Å². The SMILES string of the molecule is c1ccc([Si]23O[Si]4(c5ccccc5)O[Si]5(c6ccccc6)O[Si](c6ccccc6)(O2)O[Si]2(c6ccccc6)O[Si](c6ccccc6)(O3)O[Si](c3ccccc3)(O4)O[Si](c3ccccc3)(O5)O2)cc1. The highest BCUT2D eigenvalue weighted by atomic mass is 28.6. The minimum Gasteiger partial charge on any atom is -0.366 e. The smallest absolute Gasteiger partial charge is 0.366 e. The number of hydrogen-bond donors (Lipinski definition) is 0. The summed E-state index contributed by atoms with van der Waals surface area (Å²) >= 11 is 0. The highest BCUT2D eigenvalue weighted by molar-refractivity contribution is 7.14. The molecule has 336 valence electrons. The van der Waals surface area contributed by atoms with Gasteiger partial charge in [0.05, 0.1) is 0 Å². The zero-order valence-corrected chi connectivity index (χ0v) is 44.0. The lowest BCUT2D eigenvalue weighted by atomic mass is 10.4. The van der Waals surface area contributed by atoms with E-state index in [9.17, 15) is 0 Å². The van der Waals surface area contributed by atoms with Gasteiger partial charge in [-0.15, -0.1) is 0 Å². The van der Waals surface area contributed by atoms with Crippen molar-refractivity contribution in [3.05, 3.63) is 243 Å². The largest absolute Gasteiger partial charge is 0.515 e. The zero-order chi connectivity index (χ0) is 45.4. The van der Waals surface area contributed by atoms with Crippen LogP contribution in [0.25, 0.3) is 0 Å². The first kappa shape index (κ1) is 43.1. The van der Waals surface area contributed by atoms with Crippen molar-refractivity contribution in [3.8, 4) is 0 Å². The molecule has 6 heterocycles. The maximum absolute atomic E-state index is 8.10. The molecule has 6 saturated heterocycles. The summed E-state index contributed by atoms with van der Waals surface area (Å²) in [6.07, 6.45) is 0. The Kier molecular flexibility index (Phi) is 10.3. The summed E-state index contributed by atoms with van der Waals surface area (Å²) in [6.45, 7) is 0. The van der Waals surface area contributed by atoms with Gasteiger partial charge in [-0.05, 0) is 0 Å². The maximum atomic E-state index is 8.10. The predicted octanol–water partition coefficient (Wildman–Crippen LogP) is 3.02. The van der Waals surface area contributed by atoms with Crippen LogP contribution in [0, 0.1) is 0 Å². The van der Waals surface area contributed by atoms with E-state index in [0.717, 1.165) is 0 Å². The molecule has 6 aliphatic heterocycles. The van der Waals surface area contributed by atoms with Crippen LogP contribution in [0.2, 0.25) is 0 Å². The van der Waals surface area contributed by atoms with Crippen LogP contribution in [0.3, 0.4) is 0 Å². The van der Waals surface area contributed by atoms with Gasteiger partial charge in [-0.3, -0.25) is 0 Å². The average molecular weight is 1030 g/mol. The molecule has 0 spiro atoms. The summed E-state index contributed by atoms with van der Waals surface area (Å²) in [5.41, 5.74) is 0. The molecule has 0 aromatic heterocycles. The molecule has 0 radical (unpaired) electrons. The number of hydrogen-bond acceptors (Lipinski definition) is 12. The van der Waals surface area contributed by atoms with Gasteiger partial charge in [0, 0.05) is 41.5 Å². The molecule has 8 bridgehead atoms. The molecule has 0 aliphatic carbocycles. The van der Waals surface area contributed by atoms with Gasteiger partial charge in [0.2, 0.25) is 0 Å². The fourth-order valence-corrected chi connectivity index (χ4v) is 55.3. The van der Waals surface area contributed by atoms with E-state index in [1.54, 1.807) is 0 Å². The van der Waals surface area contributed by atoms with Crippen molar-refractivity contribution in [3.63, 3.8) is 0 Å². The minimum absolute atomic E-state index is 0.571. The first-order valence-electron chi connectivity index (χ1n) is 22.2. The second-order valence-electron chi connectivity index (χ2n) is 16.6. The Balaban J connectivity index is 1.26. The van der Waals surface area contributed by atoms with E-state index in [0.29, 0.717) is 41.5 Å². The Bertz CT molecular complexity index is 2380. The van der Waals surface area contributed by atoms with Crippen LogP contribution in [-0.2, 0) is 49.4 Å². The van der Waals surface area contributed by atoms with Gasteiger partial charge in [-0.2, -0.15) is 0 Å². The normalized spacial score (nSPS) is 33.6. The van der Waals surface area contributed by atoms with Crippen LogP contribution in [0.15, 0.2) is 243 Å². The molecule has 20 heteroatoms. The Labute approximate surface area is 401 Å². The van der Waals surface area contributed by atoms with Gasteiger partial charge in [0.25, 0.3) is 0 Å². The molecule has 8 aromatic rings. The van der Waals surface area contributed by atoms with Crippen LogP contribution in [0.1, 0.15) is 0 Å². The molecule has 6 fully saturated rings. The lowest BCUT2D eigenvalue weighted by Gasteiger charge is -2.62. The summed E-state index contributed by atoms with van der Waals surface area (Å²) in [5, 5.41) is 4.57. The van der Waals surface area contributed by atoms with Crippen molar-refractivity contribution < 1.29 is 49.4 Å². The van der Waals surface area contributed by atoms with Gasteiger partial charge in [-0.25, -0.2) is 0 Å². The van der Waals surface area contributed by atoms with E-state index in [4.69, 9.17) is 49.4 Å². The van der Waals surface area contributed by atoms with E-state index in [1.165, 1.54) is 0 Å². The van der Waals surface area contributed by atoms with E-state index in [1.807, 2.05) is 243 Å². The van der Waals surface area contributed by atoms with Crippen molar-refractivity contribution in [2.24, 2.45) is 0 Å². The molecular weight excluding hydrogens is 993 g/mol. The van der Waals surface area contributed by atoms with Crippen LogP contribution in [0.5, 0.6) is 0 Å². The Hall–Kier alpha value is -4.98. The number of benzene rings is 8. The third-order valence-corrected chi connectivity index (χ3v) is 46.4. The zero-order valence-electron chi connectivity index (χ0n) is 36.0. The summed E-state index contributed by atoms with van der Waals surface area (Å²) < 4.78 is 97.2. The summed E-state index contributed by atoms with van der Waals surface area (Å²) in [7, 11) is -37.9. The highest BCUT2D eigenvalue weighted by Crippen LogP contribution is 2.48. The first-order chi connectivity index (χ1) is 33.3. The van der Waals surface area contributed by atoms with E-state index in [2.05, 4.69) is 0 Å². The molecule has 0 unspecified atom stereocenters. The van der Waals surface area contributed by atoms with Gasteiger partial charge < -0.3 is 49.4 Å². The average Bonchev–Trinajstić information content (AvgIpc) is 3.38. The monoisotopic (exact) mass is 1030 g/mol. The molecule has 8 aromatic carbocycles. The fourth-order valence-electron chi connectivity index (χ4n) is 9.18. The summed E-state index contributed by atoms with van der Waals surface area (Å²) in [5.74, 6) is 0. The Morgan fingerprint density at radius 2 is 0.221 bits per heavy atom. The lowest BCUT2D eigenvalue weighted by Crippen LogP contribution is -2.96. The first-order valence-corrected chi connectivity index (χ1v) is 36.0. The molecule has 6 aliphatic rings. The van der Waals surface area contributed by atoms with Crippen LogP contribution >= 0.6 is 0 Å². The Morgan fingerprint density at radius 1 is 0.132 bits per heavy atom. The lowest BCUT2D eigenvalue weighted by molar-refractivity contribution is -0.00296. The van der Waals surface area contributed by atoms with Crippen molar-refractivity contribution in [2.75, 3.05) is 0 Å². The minimum atomic E-state index is -4.73. The molecule has 0 saturated carbocycles. The molecule has 0 N–H and O–H groups in total. The van der Waals surface area contributed by atoms with Crippen LogP contribution < -0.4 is 41.5 Å². The third kappa shape index (κ3) is 6.86. The van der Waals surface area contributed by atoms with Crippen LogP contribution in [-0.4, -0.2) is 70.4 Å². The molecule has 68 heavy (non-hydrogen) atoms. The van der Waals surface area contributed by atoms with Gasteiger partial charge in [0.1, 0.15) is 0 Å². The van der Waals surface area contributed by atoms with Crippen molar-refractivity contribution in [2.45, 2.75) is 0 Å². The standard InChI is InChI=1S/C48H40O12Si8/c1-9-25-41(26-10-1)61-49-62(42-27-11-2-12-28-42)52-65(45-33-17-5-18-34-45)54-63(50-61,43-29-13-3-14-30-43)56-67(47-37-21-7-22-38-47)57-64(51-61,44-31-15-4-16-32-44)55-66(53-62,46-35-19-6-20-36-46)59-68(58-65,60-67)48-39-23-8-24-40-48/h1-40H. The summed E-state index contributed by atoms with van der Waals surface area (Å²) in [6, 6.07) is 76.9. The molecular formula is C48H40O12Si8. The van der Waals surface area contributed by atoms with Crippen LogP contribution in [0.4, 0.5) is 0 Å². The van der Waals surface area contributed by atoms with E-state index >= 15 is 0 Å². The second kappa shape index (κ2) is 16.3.